The molecule has 0 atom stereocenters. The first kappa shape index (κ1) is 17.5. The van der Waals surface area contributed by atoms with E-state index in [4.69, 9.17) is 0 Å². The van der Waals surface area contributed by atoms with Gasteiger partial charge >= 0.3 is 0 Å². The maximum atomic E-state index is 12.0. The second-order valence-electron chi connectivity index (χ2n) is 5.88. The van der Waals surface area contributed by atoms with Gasteiger partial charge in [0.25, 0.3) is 0 Å². The van der Waals surface area contributed by atoms with Crippen LogP contribution in [0.2, 0.25) is 0 Å². The van der Waals surface area contributed by atoms with Gasteiger partial charge in [-0.15, -0.1) is 10.2 Å². The number of benzene rings is 1. The Labute approximate surface area is 150 Å². The van der Waals surface area contributed by atoms with Crippen LogP contribution in [-0.2, 0) is 16.6 Å². The molecule has 8 heteroatoms. The molecule has 2 heterocycles. The van der Waals surface area contributed by atoms with E-state index in [0.717, 1.165) is 37.3 Å². The minimum Gasteiger partial charge on any atom is -0.346 e. The molecule has 132 valence electrons. The zero-order valence-electron chi connectivity index (χ0n) is 14.1. The third-order valence-electron chi connectivity index (χ3n) is 4.09. The van der Waals surface area contributed by atoms with Crippen LogP contribution in [0.15, 0.2) is 35.5 Å². The molecule has 1 saturated heterocycles. The van der Waals surface area contributed by atoms with Crippen LogP contribution in [-0.4, -0.2) is 56.9 Å². The molecule has 0 unspecified atom stereocenters. The summed E-state index contributed by atoms with van der Waals surface area (Å²) in [6.07, 6.45) is 2.09. The van der Waals surface area contributed by atoms with E-state index in [-0.39, 0.29) is 24.1 Å². The number of nitrogens with one attached hydrogen (secondary N) is 1. The largest absolute Gasteiger partial charge is 0.346 e. The number of carbonyl (C=O) groups excluding carboxylic acids is 2. The Bertz CT molecular complexity index is 741. The van der Waals surface area contributed by atoms with Gasteiger partial charge < -0.3 is 14.8 Å². The fraction of sp³-hybridized carbons (Fsp3) is 0.412. The fourth-order valence-electron chi connectivity index (χ4n) is 2.71. The molecule has 1 N–H and O–H groups in total. The van der Waals surface area contributed by atoms with Gasteiger partial charge in [0, 0.05) is 25.7 Å². The molecule has 0 radical (unpaired) electrons. The van der Waals surface area contributed by atoms with Crippen molar-refractivity contribution in [3.8, 4) is 11.4 Å². The van der Waals surface area contributed by atoms with E-state index in [1.165, 1.54) is 11.8 Å². The summed E-state index contributed by atoms with van der Waals surface area (Å²) in [5.41, 5.74) is 0.977. The SMILES string of the molecule is Cn1c(SCC(=O)NCC(=O)N2CCCC2)nnc1-c1ccccc1. The zero-order valence-corrected chi connectivity index (χ0v) is 15.0. The Morgan fingerprint density at radius 2 is 1.88 bits per heavy atom. The predicted octanol–water partition coefficient (Wildman–Crippen LogP) is 1.31. The van der Waals surface area contributed by atoms with Crippen molar-refractivity contribution in [1.29, 1.82) is 0 Å². The average Bonchev–Trinajstić information content (AvgIpc) is 3.29. The van der Waals surface area contributed by atoms with Crippen LogP contribution in [0.25, 0.3) is 11.4 Å². The molecule has 0 saturated carbocycles. The molecule has 0 aliphatic carbocycles. The Kier molecular flexibility index (Phi) is 5.70. The first-order valence-electron chi connectivity index (χ1n) is 8.27. The van der Waals surface area contributed by atoms with Gasteiger partial charge in [0.05, 0.1) is 12.3 Å². The molecule has 1 aromatic heterocycles. The number of amides is 2. The van der Waals surface area contributed by atoms with Gasteiger partial charge in [-0.05, 0) is 12.8 Å². The lowest BCUT2D eigenvalue weighted by atomic mass is 10.2. The summed E-state index contributed by atoms with van der Waals surface area (Å²) in [7, 11) is 1.87. The Morgan fingerprint density at radius 3 is 2.60 bits per heavy atom. The van der Waals surface area contributed by atoms with Gasteiger partial charge in [-0.1, -0.05) is 42.1 Å². The molecule has 0 spiro atoms. The van der Waals surface area contributed by atoms with Crippen LogP contribution in [0.1, 0.15) is 12.8 Å². The third-order valence-corrected chi connectivity index (χ3v) is 5.12. The second kappa shape index (κ2) is 8.15. The molecule has 2 aromatic rings. The highest BCUT2D eigenvalue weighted by Crippen LogP contribution is 2.22. The van der Waals surface area contributed by atoms with Gasteiger partial charge in [-0.3, -0.25) is 9.59 Å². The van der Waals surface area contributed by atoms with Crippen LogP contribution in [0.5, 0.6) is 0 Å². The summed E-state index contributed by atoms with van der Waals surface area (Å²) in [5, 5.41) is 11.7. The van der Waals surface area contributed by atoms with E-state index in [1.54, 1.807) is 4.90 Å². The van der Waals surface area contributed by atoms with Crippen molar-refractivity contribution in [2.45, 2.75) is 18.0 Å². The van der Waals surface area contributed by atoms with E-state index < -0.39 is 0 Å². The molecular formula is C17H21N5O2S. The molecule has 1 fully saturated rings. The van der Waals surface area contributed by atoms with Gasteiger partial charge in [0.15, 0.2) is 11.0 Å². The predicted molar refractivity (Wildman–Crippen MR) is 96.0 cm³/mol. The van der Waals surface area contributed by atoms with Crippen molar-refractivity contribution in [1.82, 2.24) is 25.0 Å². The lowest BCUT2D eigenvalue weighted by Gasteiger charge is -2.15. The molecule has 2 amide bonds. The van der Waals surface area contributed by atoms with Gasteiger partial charge in [-0.2, -0.15) is 0 Å². The topological polar surface area (TPSA) is 80.1 Å². The molecule has 1 aliphatic rings. The van der Waals surface area contributed by atoms with Crippen molar-refractivity contribution in [2.75, 3.05) is 25.4 Å². The third kappa shape index (κ3) is 4.39. The maximum Gasteiger partial charge on any atom is 0.241 e. The summed E-state index contributed by atoms with van der Waals surface area (Å²) in [6, 6.07) is 9.77. The number of aromatic nitrogens is 3. The number of rotatable bonds is 6. The smallest absolute Gasteiger partial charge is 0.241 e. The Balaban J connectivity index is 1.49. The van der Waals surface area contributed by atoms with Crippen LogP contribution < -0.4 is 5.32 Å². The minimum absolute atomic E-state index is 0.0131. The van der Waals surface area contributed by atoms with Crippen molar-refractivity contribution in [3.63, 3.8) is 0 Å². The number of hydrogen-bond acceptors (Lipinski definition) is 5. The summed E-state index contributed by atoms with van der Waals surface area (Å²) in [5.74, 6) is 0.768. The number of likely N-dealkylation sites (tertiary alicyclic amines) is 1. The molecule has 0 bridgehead atoms. The molecule has 3 rings (SSSR count). The molecule has 1 aliphatic heterocycles. The highest BCUT2D eigenvalue weighted by molar-refractivity contribution is 7.99. The van der Waals surface area contributed by atoms with Crippen molar-refractivity contribution < 1.29 is 9.59 Å². The van der Waals surface area contributed by atoms with E-state index in [0.29, 0.717) is 5.16 Å². The van der Waals surface area contributed by atoms with Crippen molar-refractivity contribution in [2.24, 2.45) is 7.05 Å². The monoisotopic (exact) mass is 359 g/mol. The van der Waals surface area contributed by atoms with Crippen LogP contribution >= 0.6 is 11.8 Å². The molecular weight excluding hydrogens is 338 g/mol. The van der Waals surface area contributed by atoms with Crippen LogP contribution in [0.4, 0.5) is 0 Å². The summed E-state index contributed by atoms with van der Waals surface area (Å²) >= 11 is 1.31. The Hall–Kier alpha value is -2.35. The minimum atomic E-state index is -0.179. The number of hydrogen-bond donors (Lipinski definition) is 1. The van der Waals surface area contributed by atoms with E-state index in [9.17, 15) is 9.59 Å². The van der Waals surface area contributed by atoms with E-state index >= 15 is 0 Å². The molecule has 1 aromatic carbocycles. The normalized spacial score (nSPS) is 13.9. The summed E-state index contributed by atoms with van der Waals surface area (Å²) < 4.78 is 1.86. The van der Waals surface area contributed by atoms with Gasteiger partial charge in [0.1, 0.15) is 0 Å². The van der Waals surface area contributed by atoms with E-state index in [1.807, 2.05) is 41.9 Å². The lowest BCUT2D eigenvalue weighted by Crippen LogP contribution is -2.39. The fourth-order valence-corrected chi connectivity index (χ4v) is 3.45. The zero-order chi connectivity index (χ0) is 17.6. The number of carbonyl (C=O) groups is 2. The van der Waals surface area contributed by atoms with Crippen molar-refractivity contribution in [3.05, 3.63) is 30.3 Å². The highest BCUT2D eigenvalue weighted by Gasteiger charge is 2.18. The van der Waals surface area contributed by atoms with Crippen molar-refractivity contribution >= 4 is 23.6 Å². The summed E-state index contributed by atoms with van der Waals surface area (Å²) in [6.45, 7) is 1.66. The highest BCUT2D eigenvalue weighted by atomic mass is 32.2. The molecule has 7 nitrogen and oxygen atoms in total. The maximum absolute atomic E-state index is 12.0. The standard InChI is InChI=1S/C17H21N5O2S/c1-21-16(13-7-3-2-4-8-13)19-20-17(21)25-12-14(23)18-11-15(24)22-9-5-6-10-22/h2-4,7-8H,5-6,9-12H2,1H3,(H,18,23). The first-order valence-corrected chi connectivity index (χ1v) is 9.26. The number of thioether (sulfide) groups is 1. The first-order chi connectivity index (χ1) is 12.1. The van der Waals surface area contributed by atoms with E-state index in [2.05, 4.69) is 15.5 Å². The molecule has 25 heavy (non-hydrogen) atoms. The number of nitrogens with zero attached hydrogens (tertiary/aromatic N) is 4. The lowest BCUT2D eigenvalue weighted by molar-refractivity contribution is -0.131. The Morgan fingerprint density at radius 1 is 1.16 bits per heavy atom. The quantitative estimate of drug-likeness (QED) is 0.787. The van der Waals surface area contributed by atoms with Crippen LogP contribution in [0.3, 0.4) is 0 Å². The summed E-state index contributed by atoms with van der Waals surface area (Å²) in [4.78, 5) is 25.7. The van der Waals surface area contributed by atoms with Gasteiger partial charge in [-0.25, -0.2) is 0 Å². The van der Waals surface area contributed by atoms with Crippen LogP contribution in [0, 0.1) is 0 Å². The second-order valence-corrected chi connectivity index (χ2v) is 6.83. The van der Waals surface area contributed by atoms with Gasteiger partial charge in [0.2, 0.25) is 11.8 Å². The average molecular weight is 359 g/mol.